The van der Waals surface area contributed by atoms with Crippen molar-refractivity contribution in [2.24, 2.45) is 0 Å². The molecule has 6 heteroatoms. The summed E-state index contributed by atoms with van der Waals surface area (Å²) in [6, 6.07) is 4.69. The lowest BCUT2D eigenvalue weighted by Crippen LogP contribution is -2.43. The first-order chi connectivity index (χ1) is 8.50. The summed E-state index contributed by atoms with van der Waals surface area (Å²) in [5.41, 5.74) is 5.38. The maximum Gasteiger partial charge on any atom is 0.253 e. The third-order valence-corrected chi connectivity index (χ3v) is 3.16. The topological polar surface area (TPSA) is 84.6 Å². The summed E-state index contributed by atoms with van der Waals surface area (Å²) in [4.78, 5) is 11.9. The van der Waals surface area contributed by atoms with Gasteiger partial charge < -0.3 is 20.9 Å². The fraction of sp³-hybridized carbons (Fsp3) is 0.417. The molecule has 1 unspecified atom stereocenters. The predicted octanol–water partition coefficient (Wildman–Crippen LogP) is 0.803. The minimum atomic E-state index is -0.983. The number of halogens is 1. The van der Waals surface area contributed by atoms with Crippen LogP contribution in [-0.4, -0.2) is 36.4 Å². The predicted molar refractivity (Wildman–Crippen MR) is 68.6 cm³/mol. The summed E-state index contributed by atoms with van der Waals surface area (Å²) < 4.78 is 5.09. The molecule has 2 rings (SSSR count). The second-order valence-corrected chi connectivity index (χ2v) is 4.88. The largest absolute Gasteiger partial charge is 0.398 e. The second kappa shape index (κ2) is 5.14. The zero-order valence-electron chi connectivity index (χ0n) is 9.78. The van der Waals surface area contributed by atoms with Crippen molar-refractivity contribution in [2.45, 2.75) is 12.0 Å². The second-order valence-electron chi connectivity index (χ2n) is 4.44. The van der Waals surface area contributed by atoms with Gasteiger partial charge >= 0.3 is 0 Å². The normalized spacial score (nSPS) is 23.0. The molecule has 0 spiro atoms. The van der Waals surface area contributed by atoms with Gasteiger partial charge in [0.15, 0.2) is 0 Å². The van der Waals surface area contributed by atoms with Crippen molar-refractivity contribution < 1.29 is 14.6 Å². The third kappa shape index (κ3) is 2.93. The molecule has 1 heterocycles. The minimum absolute atomic E-state index is 0.137. The van der Waals surface area contributed by atoms with Gasteiger partial charge in [-0.3, -0.25) is 4.79 Å². The Hall–Kier alpha value is -1.30. The Labute approximate surface area is 110 Å². The van der Waals surface area contributed by atoms with Crippen LogP contribution in [0.2, 0.25) is 5.02 Å². The van der Waals surface area contributed by atoms with Crippen LogP contribution in [0.5, 0.6) is 0 Å². The van der Waals surface area contributed by atoms with Crippen LogP contribution in [0.1, 0.15) is 16.8 Å². The molecule has 0 aromatic heterocycles. The van der Waals surface area contributed by atoms with E-state index in [0.29, 0.717) is 29.3 Å². The SMILES string of the molecule is Nc1ccc(Cl)cc1C(=O)NCC1(O)CCOC1. The van der Waals surface area contributed by atoms with E-state index in [0.717, 1.165) is 0 Å². The molecule has 1 aliphatic heterocycles. The van der Waals surface area contributed by atoms with Gasteiger partial charge in [0.25, 0.3) is 5.91 Å². The molecule has 1 aromatic rings. The quantitative estimate of drug-likeness (QED) is 0.710. The first-order valence-electron chi connectivity index (χ1n) is 5.63. The van der Waals surface area contributed by atoms with Gasteiger partial charge in [0, 0.05) is 30.3 Å². The van der Waals surface area contributed by atoms with E-state index in [-0.39, 0.29) is 19.1 Å². The van der Waals surface area contributed by atoms with Crippen molar-refractivity contribution in [1.29, 1.82) is 0 Å². The molecular formula is C12H15ClN2O3. The van der Waals surface area contributed by atoms with Gasteiger partial charge in [-0.25, -0.2) is 0 Å². The number of ether oxygens (including phenoxy) is 1. The first kappa shape index (κ1) is 13.1. The Balaban J connectivity index is 2.01. The Bertz CT molecular complexity index is 459. The average molecular weight is 271 g/mol. The molecular weight excluding hydrogens is 256 g/mol. The highest BCUT2D eigenvalue weighted by molar-refractivity contribution is 6.31. The van der Waals surface area contributed by atoms with Crippen LogP contribution in [0, 0.1) is 0 Å². The lowest BCUT2D eigenvalue weighted by Gasteiger charge is -2.20. The molecule has 1 atom stereocenters. The van der Waals surface area contributed by atoms with E-state index in [1.165, 1.54) is 6.07 Å². The van der Waals surface area contributed by atoms with Crippen molar-refractivity contribution in [3.8, 4) is 0 Å². The number of amides is 1. The molecule has 0 radical (unpaired) electrons. The van der Waals surface area contributed by atoms with Gasteiger partial charge in [0.05, 0.1) is 12.2 Å². The Morgan fingerprint density at radius 1 is 1.61 bits per heavy atom. The van der Waals surface area contributed by atoms with Crippen LogP contribution in [0.3, 0.4) is 0 Å². The number of carbonyl (C=O) groups excluding carboxylic acids is 1. The fourth-order valence-corrected chi connectivity index (χ4v) is 1.97. The van der Waals surface area contributed by atoms with Crippen LogP contribution in [-0.2, 0) is 4.74 Å². The lowest BCUT2D eigenvalue weighted by molar-refractivity contribution is 0.0265. The van der Waals surface area contributed by atoms with Crippen molar-refractivity contribution in [3.63, 3.8) is 0 Å². The molecule has 5 nitrogen and oxygen atoms in total. The first-order valence-corrected chi connectivity index (χ1v) is 6.01. The number of aliphatic hydroxyl groups is 1. The van der Waals surface area contributed by atoms with Crippen LogP contribution < -0.4 is 11.1 Å². The zero-order valence-corrected chi connectivity index (χ0v) is 10.5. The maximum atomic E-state index is 11.9. The number of anilines is 1. The Morgan fingerprint density at radius 2 is 2.39 bits per heavy atom. The van der Waals surface area contributed by atoms with E-state index < -0.39 is 5.60 Å². The summed E-state index contributed by atoms with van der Waals surface area (Å²) in [7, 11) is 0. The van der Waals surface area contributed by atoms with Crippen LogP contribution in [0.4, 0.5) is 5.69 Å². The molecule has 1 aromatic carbocycles. The highest BCUT2D eigenvalue weighted by Crippen LogP contribution is 2.19. The van der Waals surface area contributed by atoms with Gasteiger partial charge in [0.2, 0.25) is 0 Å². The monoisotopic (exact) mass is 270 g/mol. The summed E-state index contributed by atoms with van der Waals surface area (Å²) >= 11 is 5.81. The standard InChI is InChI=1S/C12H15ClN2O3/c13-8-1-2-10(14)9(5-8)11(16)15-6-12(17)3-4-18-7-12/h1-2,5,17H,3-4,6-7,14H2,(H,15,16). The number of benzene rings is 1. The molecule has 1 amide bonds. The number of rotatable bonds is 3. The van der Waals surface area contributed by atoms with Gasteiger partial charge in [-0.2, -0.15) is 0 Å². The fourth-order valence-electron chi connectivity index (χ4n) is 1.80. The van der Waals surface area contributed by atoms with Crippen LogP contribution >= 0.6 is 11.6 Å². The van der Waals surface area contributed by atoms with Crippen molar-refractivity contribution in [2.75, 3.05) is 25.5 Å². The number of nitrogens with one attached hydrogen (secondary N) is 1. The van der Waals surface area contributed by atoms with Crippen molar-refractivity contribution >= 4 is 23.2 Å². The number of hydrogen-bond acceptors (Lipinski definition) is 4. The number of nitrogen functional groups attached to an aromatic ring is 1. The van der Waals surface area contributed by atoms with Gasteiger partial charge in [0.1, 0.15) is 5.60 Å². The molecule has 98 valence electrons. The van der Waals surface area contributed by atoms with E-state index in [1.807, 2.05) is 0 Å². The Morgan fingerprint density at radius 3 is 3.06 bits per heavy atom. The zero-order chi connectivity index (χ0) is 13.2. The summed E-state index contributed by atoms with van der Waals surface area (Å²) in [5.74, 6) is -0.352. The van der Waals surface area contributed by atoms with Gasteiger partial charge in [-0.05, 0) is 18.2 Å². The maximum absolute atomic E-state index is 11.9. The van der Waals surface area contributed by atoms with Gasteiger partial charge in [-0.1, -0.05) is 11.6 Å². The van der Waals surface area contributed by atoms with Crippen LogP contribution in [0.25, 0.3) is 0 Å². The van der Waals surface area contributed by atoms with E-state index in [9.17, 15) is 9.90 Å². The van der Waals surface area contributed by atoms with E-state index in [1.54, 1.807) is 12.1 Å². The molecule has 0 saturated carbocycles. The van der Waals surface area contributed by atoms with Gasteiger partial charge in [-0.15, -0.1) is 0 Å². The lowest BCUT2D eigenvalue weighted by atomic mass is 10.0. The minimum Gasteiger partial charge on any atom is -0.398 e. The highest BCUT2D eigenvalue weighted by Gasteiger charge is 2.32. The Kier molecular flexibility index (Phi) is 3.75. The summed E-state index contributed by atoms with van der Waals surface area (Å²) in [6.45, 7) is 0.877. The van der Waals surface area contributed by atoms with E-state index >= 15 is 0 Å². The summed E-state index contributed by atoms with van der Waals surface area (Å²) in [6.07, 6.45) is 0.512. The third-order valence-electron chi connectivity index (χ3n) is 2.92. The van der Waals surface area contributed by atoms with E-state index in [4.69, 9.17) is 22.1 Å². The molecule has 0 bridgehead atoms. The molecule has 1 aliphatic rings. The van der Waals surface area contributed by atoms with E-state index in [2.05, 4.69) is 5.32 Å². The number of nitrogens with two attached hydrogens (primary N) is 1. The molecule has 1 fully saturated rings. The number of hydrogen-bond donors (Lipinski definition) is 3. The molecule has 0 aliphatic carbocycles. The summed E-state index contributed by atoms with van der Waals surface area (Å²) in [5, 5.41) is 13.1. The molecule has 1 saturated heterocycles. The van der Waals surface area contributed by atoms with Crippen molar-refractivity contribution in [3.05, 3.63) is 28.8 Å². The number of carbonyl (C=O) groups is 1. The smallest absolute Gasteiger partial charge is 0.253 e. The highest BCUT2D eigenvalue weighted by atomic mass is 35.5. The molecule has 18 heavy (non-hydrogen) atoms. The van der Waals surface area contributed by atoms with Crippen LogP contribution in [0.15, 0.2) is 18.2 Å². The molecule has 4 N–H and O–H groups in total. The average Bonchev–Trinajstić information content (AvgIpc) is 2.77. The van der Waals surface area contributed by atoms with Crippen molar-refractivity contribution in [1.82, 2.24) is 5.32 Å².